The lowest BCUT2D eigenvalue weighted by atomic mass is 10.0. The summed E-state index contributed by atoms with van der Waals surface area (Å²) in [4.78, 5) is 0. The molecular weight excluding hydrogens is 240 g/mol. The van der Waals surface area contributed by atoms with Gasteiger partial charge in [-0.25, -0.2) is 8.78 Å². The molecule has 0 aliphatic carbocycles. The molecule has 1 fully saturated rings. The first-order valence-electron chi connectivity index (χ1n) is 5.95. The molecule has 0 saturated carbocycles. The van der Waals surface area contributed by atoms with Gasteiger partial charge in [-0.3, -0.25) is 0 Å². The third kappa shape index (κ3) is 3.68. The topological polar surface area (TPSA) is 12.0 Å². The van der Waals surface area contributed by atoms with Crippen molar-refractivity contribution in [1.82, 2.24) is 5.32 Å². The van der Waals surface area contributed by atoms with E-state index in [9.17, 15) is 8.78 Å². The minimum atomic E-state index is -0.507. The third-order valence-electron chi connectivity index (χ3n) is 3.09. The Morgan fingerprint density at radius 3 is 2.35 bits per heavy atom. The number of hydrogen-bond acceptors (Lipinski definition) is 2. The van der Waals surface area contributed by atoms with Crippen LogP contribution < -0.4 is 5.32 Å². The summed E-state index contributed by atoms with van der Waals surface area (Å²) in [5.74, 6) is 1.32. The summed E-state index contributed by atoms with van der Waals surface area (Å²) in [6.45, 7) is 1.95. The van der Waals surface area contributed by atoms with Crippen molar-refractivity contribution in [3.05, 3.63) is 35.4 Å². The van der Waals surface area contributed by atoms with Gasteiger partial charge in [0.2, 0.25) is 0 Å². The summed E-state index contributed by atoms with van der Waals surface area (Å²) in [6, 6.07) is 4.18. The van der Waals surface area contributed by atoms with E-state index in [2.05, 4.69) is 5.32 Å². The van der Waals surface area contributed by atoms with Crippen LogP contribution in [0.4, 0.5) is 8.78 Å². The fourth-order valence-electron chi connectivity index (χ4n) is 2.14. The smallest absolute Gasteiger partial charge is 0.126 e. The average Bonchev–Trinajstić information content (AvgIpc) is 2.29. The van der Waals surface area contributed by atoms with Gasteiger partial charge in [-0.05, 0) is 49.0 Å². The SMILES string of the molecule is CC(NC1CCSCC1)c1cc(F)cc(F)c1. The highest BCUT2D eigenvalue weighted by Crippen LogP contribution is 2.21. The molecule has 1 aromatic rings. The van der Waals surface area contributed by atoms with Crippen molar-refractivity contribution in [3.63, 3.8) is 0 Å². The molecule has 1 nitrogen and oxygen atoms in total. The highest BCUT2D eigenvalue weighted by atomic mass is 32.2. The van der Waals surface area contributed by atoms with Crippen LogP contribution >= 0.6 is 11.8 Å². The maximum absolute atomic E-state index is 13.1. The lowest BCUT2D eigenvalue weighted by Gasteiger charge is -2.26. The molecule has 4 heteroatoms. The first-order chi connectivity index (χ1) is 8.15. The zero-order valence-corrected chi connectivity index (χ0v) is 10.7. The Balaban J connectivity index is 2.00. The van der Waals surface area contributed by atoms with Gasteiger partial charge in [0.05, 0.1) is 0 Å². The molecule has 1 aromatic carbocycles. The predicted molar refractivity (Wildman–Crippen MR) is 68.3 cm³/mol. The van der Waals surface area contributed by atoms with Crippen LogP contribution in [0.25, 0.3) is 0 Å². The van der Waals surface area contributed by atoms with Crippen LogP contribution in [0.1, 0.15) is 31.4 Å². The normalized spacial score (nSPS) is 19.2. The summed E-state index contributed by atoms with van der Waals surface area (Å²) >= 11 is 1.97. The highest BCUT2D eigenvalue weighted by Gasteiger charge is 2.17. The van der Waals surface area contributed by atoms with Crippen LogP contribution in [0.15, 0.2) is 18.2 Å². The van der Waals surface area contributed by atoms with E-state index in [1.165, 1.54) is 23.6 Å². The van der Waals surface area contributed by atoms with E-state index < -0.39 is 11.6 Å². The van der Waals surface area contributed by atoms with Gasteiger partial charge in [-0.2, -0.15) is 11.8 Å². The van der Waals surface area contributed by atoms with Crippen LogP contribution in [0.5, 0.6) is 0 Å². The number of hydrogen-bond donors (Lipinski definition) is 1. The Morgan fingerprint density at radius 2 is 1.76 bits per heavy atom. The van der Waals surface area contributed by atoms with E-state index >= 15 is 0 Å². The van der Waals surface area contributed by atoms with Crippen molar-refractivity contribution in [2.75, 3.05) is 11.5 Å². The molecule has 1 aliphatic rings. The average molecular weight is 257 g/mol. The zero-order valence-electron chi connectivity index (χ0n) is 9.88. The summed E-state index contributed by atoms with van der Waals surface area (Å²) in [5.41, 5.74) is 0.681. The Morgan fingerprint density at radius 1 is 1.18 bits per heavy atom. The molecule has 2 rings (SSSR count). The largest absolute Gasteiger partial charge is 0.307 e. The quantitative estimate of drug-likeness (QED) is 0.889. The van der Waals surface area contributed by atoms with E-state index in [0.29, 0.717) is 11.6 Å². The Labute approximate surface area is 105 Å². The highest BCUT2D eigenvalue weighted by molar-refractivity contribution is 7.99. The molecule has 0 radical (unpaired) electrons. The van der Waals surface area contributed by atoms with Crippen molar-refractivity contribution in [2.24, 2.45) is 0 Å². The lowest BCUT2D eigenvalue weighted by Crippen LogP contribution is -2.34. The van der Waals surface area contributed by atoms with Gasteiger partial charge in [-0.15, -0.1) is 0 Å². The standard InChI is InChI=1S/C13H17F2NS/c1-9(16-13-2-4-17-5-3-13)10-6-11(14)8-12(15)7-10/h6-9,13,16H,2-5H2,1H3. The van der Waals surface area contributed by atoms with Gasteiger partial charge in [0.25, 0.3) is 0 Å². The molecular formula is C13H17F2NS. The fourth-order valence-corrected chi connectivity index (χ4v) is 3.25. The summed E-state index contributed by atoms with van der Waals surface area (Å²) in [7, 11) is 0. The van der Waals surface area contributed by atoms with Crippen LogP contribution in [-0.4, -0.2) is 17.5 Å². The molecule has 0 bridgehead atoms. The second kappa shape index (κ2) is 5.83. The lowest BCUT2D eigenvalue weighted by molar-refractivity contribution is 0.428. The molecule has 17 heavy (non-hydrogen) atoms. The molecule has 0 aromatic heterocycles. The summed E-state index contributed by atoms with van der Waals surface area (Å²) < 4.78 is 26.2. The van der Waals surface area contributed by atoms with Crippen LogP contribution in [-0.2, 0) is 0 Å². The number of rotatable bonds is 3. The van der Waals surface area contributed by atoms with E-state index in [0.717, 1.165) is 18.9 Å². The maximum Gasteiger partial charge on any atom is 0.126 e. The molecule has 1 atom stereocenters. The van der Waals surface area contributed by atoms with Gasteiger partial charge < -0.3 is 5.32 Å². The van der Waals surface area contributed by atoms with E-state index in [1.807, 2.05) is 18.7 Å². The third-order valence-corrected chi connectivity index (χ3v) is 4.14. The Kier molecular flexibility index (Phi) is 4.40. The summed E-state index contributed by atoms with van der Waals surface area (Å²) in [6.07, 6.45) is 2.26. The van der Waals surface area contributed by atoms with Gasteiger partial charge in [0.1, 0.15) is 11.6 Å². The minimum Gasteiger partial charge on any atom is -0.307 e. The van der Waals surface area contributed by atoms with Crippen LogP contribution in [0.3, 0.4) is 0 Å². The number of halogens is 2. The molecule has 1 saturated heterocycles. The van der Waals surface area contributed by atoms with Crippen molar-refractivity contribution < 1.29 is 8.78 Å². The Bertz CT molecular complexity index is 357. The van der Waals surface area contributed by atoms with Crippen LogP contribution in [0, 0.1) is 11.6 Å². The predicted octanol–water partition coefficient (Wildman–Crippen LogP) is 3.51. The van der Waals surface area contributed by atoms with Crippen molar-refractivity contribution in [1.29, 1.82) is 0 Å². The van der Waals surface area contributed by atoms with Gasteiger partial charge in [0, 0.05) is 18.2 Å². The minimum absolute atomic E-state index is 0.00620. The van der Waals surface area contributed by atoms with E-state index in [-0.39, 0.29) is 6.04 Å². The van der Waals surface area contributed by atoms with E-state index in [1.54, 1.807) is 0 Å². The number of benzene rings is 1. The molecule has 0 spiro atoms. The van der Waals surface area contributed by atoms with Crippen molar-refractivity contribution >= 4 is 11.8 Å². The molecule has 0 amide bonds. The Hall–Kier alpha value is -0.610. The zero-order chi connectivity index (χ0) is 12.3. The first-order valence-corrected chi connectivity index (χ1v) is 7.10. The maximum atomic E-state index is 13.1. The first kappa shape index (κ1) is 12.8. The van der Waals surface area contributed by atoms with Gasteiger partial charge >= 0.3 is 0 Å². The second-order valence-corrected chi connectivity index (χ2v) is 5.70. The van der Waals surface area contributed by atoms with Gasteiger partial charge in [-0.1, -0.05) is 0 Å². The number of nitrogens with one attached hydrogen (secondary N) is 1. The van der Waals surface area contributed by atoms with E-state index in [4.69, 9.17) is 0 Å². The molecule has 1 unspecified atom stereocenters. The summed E-state index contributed by atoms with van der Waals surface area (Å²) in [5, 5.41) is 3.44. The molecule has 1 heterocycles. The van der Waals surface area contributed by atoms with Crippen molar-refractivity contribution in [3.8, 4) is 0 Å². The molecule has 1 aliphatic heterocycles. The second-order valence-electron chi connectivity index (χ2n) is 4.48. The van der Waals surface area contributed by atoms with Gasteiger partial charge in [0.15, 0.2) is 0 Å². The van der Waals surface area contributed by atoms with Crippen LogP contribution in [0.2, 0.25) is 0 Å². The monoisotopic (exact) mass is 257 g/mol. The number of thioether (sulfide) groups is 1. The van der Waals surface area contributed by atoms with Crippen molar-refractivity contribution in [2.45, 2.75) is 31.8 Å². The molecule has 94 valence electrons. The molecule has 1 N–H and O–H groups in total. The fraction of sp³-hybridized carbons (Fsp3) is 0.538.